The summed E-state index contributed by atoms with van der Waals surface area (Å²) >= 11 is 1.21. The van der Waals surface area contributed by atoms with Crippen LogP contribution in [0.1, 0.15) is 43.5 Å². The number of nitrogens with zero attached hydrogens (tertiary/aromatic N) is 1. The lowest BCUT2D eigenvalue weighted by molar-refractivity contribution is -0.136. The molecule has 0 bridgehead atoms. The summed E-state index contributed by atoms with van der Waals surface area (Å²) in [6.45, 7) is 3.99. The fourth-order valence-corrected chi connectivity index (χ4v) is 6.56. The lowest BCUT2D eigenvalue weighted by atomic mass is 9.73. The number of rotatable bonds is 8. The Kier molecular flexibility index (Phi) is 7.37. The van der Waals surface area contributed by atoms with Gasteiger partial charge in [-0.2, -0.15) is 4.39 Å². The molecule has 0 saturated heterocycles. The summed E-state index contributed by atoms with van der Waals surface area (Å²) < 4.78 is 57.1. The van der Waals surface area contributed by atoms with Crippen LogP contribution in [-0.2, 0) is 16.6 Å². The highest BCUT2D eigenvalue weighted by atomic mass is 32.2. The Morgan fingerprint density at radius 1 is 1.21 bits per heavy atom. The Morgan fingerprint density at radius 2 is 2.02 bits per heavy atom. The third-order valence-corrected chi connectivity index (χ3v) is 8.72. The number of imidazole rings is 1. The molecular formula is C32H28F3N3O4S. The quantitative estimate of drug-likeness (QED) is 0.155. The average Bonchev–Trinajstić information content (AvgIpc) is 3.67. The lowest BCUT2D eigenvalue weighted by Gasteiger charge is -2.39. The van der Waals surface area contributed by atoms with Gasteiger partial charge in [-0.3, -0.25) is 4.79 Å². The molecule has 222 valence electrons. The van der Waals surface area contributed by atoms with Crippen molar-refractivity contribution < 1.29 is 32.5 Å². The molecule has 0 saturated carbocycles. The van der Waals surface area contributed by atoms with Crippen molar-refractivity contribution >= 4 is 28.6 Å². The zero-order valence-electron chi connectivity index (χ0n) is 23.6. The molecule has 6 rings (SSSR count). The van der Waals surface area contributed by atoms with Crippen LogP contribution in [0.5, 0.6) is 17.2 Å². The number of nitrogens with one attached hydrogen (secondary N) is 2. The molecule has 2 aromatic heterocycles. The number of thioether (sulfide) groups is 1. The minimum atomic E-state index is -1.14. The number of halogens is 3. The number of carboxylic acids is 1. The van der Waals surface area contributed by atoms with Crippen LogP contribution in [0.25, 0.3) is 22.3 Å². The molecule has 5 aromatic rings. The number of carbonyl (C=O) groups is 1. The third kappa shape index (κ3) is 5.01. The number of carboxylic acid groups (broad SMARTS) is 1. The van der Waals surface area contributed by atoms with Gasteiger partial charge in [-0.25, -0.2) is 13.8 Å². The van der Waals surface area contributed by atoms with Crippen molar-refractivity contribution in [3.8, 4) is 28.6 Å². The van der Waals surface area contributed by atoms with E-state index < -0.39 is 28.8 Å². The molecule has 11 heteroatoms. The van der Waals surface area contributed by atoms with Gasteiger partial charge in [0.1, 0.15) is 23.1 Å². The van der Waals surface area contributed by atoms with Gasteiger partial charge in [0.2, 0.25) is 5.82 Å². The molecule has 0 unspecified atom stereocenters. The molecule has 0 radical (unpaired) electrons. The summed E-state index contributed by atoms with van der Waals surface area (Å²) in [5.41, 5.74) is 1.95. The molecule has 0 aliphatic carbocycles. The van der Waals surface area contributed by atoms with Crippen molar-refractivity contribution in [1.82, 2.24) is 15.0 Å². The lowest BCUT2D eigenvalue weighted by Crippen LogP contribution is -2.36. The normalized spacial score (nSPS) is 18.0. The van der Waals surface area contributed by atoms with Crippen LogP contribution in [0.2, 0.25) is 0 Å². The Balaban J connectivity index is 1.36. The largest absolute Gasteiger partial charge is 0.490 e. The average molecular weight is 608 g/mol. The fourth-order valence-electron chi connectivity index (χ4n) is 5.85. The maximum absolute atomic E-state index is 15.2. The zero-order valence-corrected chi connectivity index (χ0v) is 24.4. The summed E-state index contributed by atoms with van der Waals surface area (Å²) in [4.78, 5) is 22.1. The maximum atomic E-state index is 15.2. The number of ether oxygens (including phenoxy) is 2. The van der Waals surface area contributed by atoms with Gasteiger partial charge >= 0.3 is 5.97 Å². The van der Waals surface area contributed by atoms with E-state index >= 15 is 8.78 Å². The number of fused-ring (bicyclic) bond motifs is 2. The van der Waals surface area contributed by atoms with E-state index in [0.717, 1.165) is 16.8 Å². The molecular weight excluding hydrogens is 579 g/mol. The van der Waals surface area contributed by atoms with Gasteiger partial charge < -0.3 is 24.5 Å². The van der Waals surface area contributed by atoms with Crippen molar-refractivity contribution in [2.24, 2.45) is 0 Å². The highest BCUT2D eigenvalue weighted by Gasteiger charge is 2.40. The highest BCUT2D eigenvalue weighted by molar-refractivity contribution is 7.99. The smallest absolute Gasteiger partial charge is 0.303 e. The highest BCUT2D eigenvalue weighted by Crippen LogP contribution is 2.47. The second-order valence-corrected chi connectivity index (χ2v) is 11.6. The van der Waals surface area contributed by atoms with E-state index in [2.05, 4.69) is 15.0 Å². The molecule has 0 fully saturated rings. The number of hydrogen-bond acceptors (Lipinski definition) is 5. The molecule has 0 amide bonds. The number of benzene rings is 3. The van der Waals surface area contributed by atoms with E-state index in [9.17, 15) is 14.3 Å². The SMILES string of the molecule is CSc1c(Oc2ccc(F)c(-c3ncc([C@]4(C)C[C@@H](C)Oc5c(CCC(=O)O)cccc54)[nH]3)c2)c(F)c(F)c2[nH]ccc12. The topological polar surface area (TPSA) is 100 Å². The van der Waals surface area contributed by atoms with E-state index in [1.807, 2.05) is 32.0 Å². The van der Waals surface area contributed by atoms with Crippen LogP contribution in [0, 0.1) is 17.5 Å². The van der Waals surface area contributed by atoms with Crippen molar-refractivity contribution in [2.75, 3.05) is 6.26 Å². The van der Waals surface area contributed by atoms with Crippen LogP contribution in [0.15, 0.2) is 59.8 Å². The fraction of sp³-hybridized carbons (Fsp3) is 0.250. The van der Waals surface area contributed by atoms with Crippen molar-refractivity contribution in [2.45, 2.75) is 49.5 Å². The standard InChI is InChI=1S/C32H28F3N3O4S/c1-16-14-32(2,21-6-4-5-17(28(21)41-16)7-10-24(39)40)23-15-37-31(38-23)20-13-18(8-9-22(20)33)42-29-26(35)25(34)27-19(11-12-36-27)30(29)43-3/h4-6,8-9,11-13,15-16,36H,7,10,14H2,1-3H3,(H,37,38)(H,39,40)/t16-,32-/m1/s1. The van der Waals surface area contributed by atoms with E-state index in [1.54, 1.807) is 18.5 Å². The first kappa shape index (κ1) is 28.7. The van der Waals surface area contributed by atoms with E-state index in [-0.39, 0.29) is 40.9 Å². The van der Waals surface area contributed by atoms with Gasteiger partial charge in [-0.1, -0.05) is 18.2 Å². The van der Waals surface area contributed by atoms with Gasteiger partial charge in [0.05, 0.1) is 22.1 Å². The second kappa shape index (κ2) is 11.0. The summed E-state index contributed by atoms with van der Waals surface area (Å²) in [5, 5.41) is 9.68. The molecule has 2 atom stereocenters. The summed E-state index contributed by atoms with van der Waals surface area (Å²) in [6, 6.07) is 11.3. The van der Waals surface area contributed by atoms with Gasteiger partial charge in [-0.15, -0.1) is 11.8 Å². The van der Waals surface area contributed by atoms with Crippen LogP contribution in [0.3, 0.4) is 0 Å². The first-order chi connectivity index (χ1) is 20.6. The molecule has 3 N–H and O–H groups in total. The van der Waals surface area contributed by atoms with Crippen LogP contribution in [-0.4, -0.2) is 38.4 Å². The van der Waals surface area contributed by atoms with Crippen LogP contribution < -0.4 is 9.47 Å². The summed E-state index contributed by atoms with van der Waals surface area (Å²) in [6.07, 6.45) is 5.63. The predicted molar refractivity (Wildman–Crippen MR) is 158 cm³/mol. The Morgan fingerprint density at radius 3 is 2.79 bits per heavy atom. The van der Waals surface area contributed by atoms with Gasteiger partial charge in [-0.05, 0) is 62.8 Å². The molecule has 7 nitrogen and oxygen atoms in total. The molecule has 1 aliphatic heterocycles. The van der Waals surface area contributed by atoms with E-state index in [4.69, 9.17) is 9.47 Å². The number of aromatic amines is 2. The number of H-pyrrole nitrogens is 2. The molecule has 3 aromatic carbocycles. The monoisotopic (exact) mass is 607 g/mol. The van der Waals surface area contributed by atoms with Crippen LogP contribution >= 0.6 is 11.8 Å². The molecule has 3 heterocycles. The predicted octanol–water partition coefficient (Wildman–Crippen LogP) is 7.98. The van der Waals surface area contributed by atoms with Gasteiger partial charge in [0, 0.05) is 40.9 Å². The third-order valence-electron chi connectivity index (χ3n) is 7.91. The number of aromatic nitrogens is 3. The first-order valence-corrected chi connectivity index (χ1v) is 14.9. The van der Waals surface area contributed by atoms with Crippen molar-refractivity contribution in [1.29, 1.82) is 0 Å². The van der Waals surface area contributed by atoms with Crippen molar-refractivity contribution in [3.05, 3.63) is 89.1 Å². The number of aryl methyl sites for hydroxylation is 1. The second-order valence-electron chi connectivity index (χ2n) is 10.8. The summed E-state index contributed by atoms with van der Waals surface area (Å²) in [7, 11) is 0. The minimum absolute atomic E-state index is 0.0230. The molecule has 0 spiro atoms. The summed E-state index contributed by atoms with van der Waals surface area (Å²) in [5.74, 6) is -2.96. The van der Waals surface area contributed by atoms with Crippen LogP contribution in [0.4, 0.5) is 13.2 Å². The first-order valence-electron chi connectivity index (χ1n) is 13.7. The Labute approximate surface area is 249 Å². The van der Waals surface area contributed by atoms with Gasteiger partial charge in [0.15, 0.2) is 11.6 Å². The molecule has 43 heavy (non-hydrogen) atoms. The minimum Gasteiger partial charge on any atom is -0.490 e. The maximum Gasteiger partial charge on any atom is 0.303 e. The van der Waals surface area contributed by atoms with E-state index in [0.29, 0.717) is 28.9 Å². The Bertz CT molecular complexity index is 1870. The number of para-hydroxylation sites is 1. The van der Waals surface area contributed by atoms with Crippen molar-refractivity contribution in [3.63, 3.8) is 0 Å². The molecule has 1 aliphatic rings. The van der Waals surface area contributed by atoms with Gasteiger partial charge in [0.25, 0.3) is 0 Å². The van der Waals surface area contributed by atoms with E-state index in [1.165, 1.54) is 36.2 Å². The zero-order chi connectivity index (χ0) is 30.5. The number of aliphatic carboxylic acids is 1. The number of hydrogen-bond donors (Lipinski definition) is 3. The Hall–Kier alpha value is -4.38.